The van der Waals surface area contributed by atoms with Gasteiger partial charge in [0, 0.05) is 13.1 Å². The van der Waals surface area contributed by atoms with Crippen molar-refractivity contribution in [3.8, 4) is 0 Å². The van der Waals surface area contributed by atoms with Crippen molar-refractivity contribution in [2.24, 2.45) is 0 Å². The molecule has 1 aliphatic carbocycles. The van der Waals surface area contributed by atoms with E-state index < -0.39 is 11.4 Å². The first-order valence-corrected chi connectivity index (χ1v) is 10.6. The van der Waals surface area contributed by atoms with E-state index in [1.54, 1.807) is 9.58 Å². The van der Waals surface area contributed by atoms with Gasteiger partial charge in [-0.15, -0.1) is 0 Å². The third-order valence-corrected chi connectivity index (χ3v) is 6.35. The summed E-state index contributed by atoms with van der Waals surface area (Å²) < 4.78 is 15.1. The van der Waals surface area contributed by atoms with Crippen molar-refractivity contribution in [2.45, 2.75) is 37.9 Å². The molecule has 1 saturated carbocycles. The lowest BCUT2D eigenvalue weighted by molar-refractivity contribution is -0.132. The number of carbonyl (C=O) groups excluding carboxylic acids is 2. The quantitative estimate of drug-likeness (QED) is 0.661. The number of aromatic nitrogens is 2. The Labute approximate surface area is 183 Å². The van der Waals surface area contributed by atoms with Crippen LogP contribution in [0.1, 0.15) is 34.5 Å². The van der Waals surface area contributed by atoms with Crippen LogP contribution >= 0.6 is 11.6 Å². The van der Waals surface area contributed by atoms with Crippen molar-refractivity contribution in [3.63, 3.8) is 0 Å². The Morgan fingerprint density at radius 1 is 1.26 bits per heavy atom. The standard InChI is InChI=1S/C21H24ClFN4O4/c22-16-9-14(1-2-17(16)23)10-19(30)25-5-6-27-18(12-25)15(11-24-27)20(31)26(7-8-28)21(13-29)3-4-21/h1-2,9,11,28-29H,3-8,10,12-13H2. The van der Waals surface area contributed by atoms with Gasteiger partial charge in [-0.2, -0.15) is 5.10 Å². The molecule has 0 bridgehead atoms. The molecule has 0 radical (unpaired) electrons. The highest BCUT2D eigenvalue weighted by molar-refractivity contribution is 6.30. The summed E-state index contributed by atoms with van der Waals surface area (Å²) >= 11 is 5.81. The largest absolute Gasteiger partial charge is 0.395 e. The van der Waals surface area contributed by atoms with Crippen LogP contribution in [0.2, 0.25) is 5.02 Å². The summed E-state index contributed by atoms with van der Waals surface area (Å²) in [5.41, 5.74) is 0.981. The van der Waals surface area contributed by atoms with Gasteiger partial charge in [-0.25, -0.2) is 4.39 Å². The molecule has 4 rings (SSSR count). The SMILES string of the molecule is O=C(Cc1ccc(F)c(Cl)c1)N1CCn2ncc(C(=O)N(CCO)C3(CO)CC3)c2C1. The van der Waals surface area contributed by atoms with Gasteiger partial charge in [0.2, 0.25) is 5.91 Å². The van der Waals surface area contributed by atoms with Gasteiger partial charge in [0.05, 0.1) is 60.7 Å². The Kier molecular flexibility index (Phi) is 6.00. The van der Waals surface area contributed by atoms with Crippen LogP contribution in [-0.2, 0) is 24.3 Å². The summed E-state index contributed by atoms with van der Waals surface area (Å²) in [6.07, 6.45) is 2.93. The van der Waals surface area contributed by atoms with Crippen LogP contribution in [-0.4, -0.2) is 73.4 Å². The van der Waals surface area contributed by atoms with E-state index in [-0.39, 0.29) is 49.6 Å². The summed E-state index contributed by atoms with van der Waals surface area (Å²) in [6, 6.07) is 4.20. The van der Waals surface area contributed by atoms with Crippen LogP contribution in [0.15, 0.2) is 24.4 Å². The van der Waals surface area contributed by atoms with Gasteiger partial charge in [-0.3, -0.25) is 14.3 Å². The topological polar surface area (TPSA) is 98.9 Å². The molecule has 166 valence electrons. The fraction of sp³-hybridized carbons (Fsp3) is 0.476. The third kappa shape index (κ3) is 4.17. The second kappa shape index (κ2) is 8.57. The fourth-order valence-corrected chi connectivity index (χ4v) is 4.23. The first-order valence-electron chi connectivity index (χ1n) is 10.2. The monoisotopic (exact) mass is 450 g/mol. The molecule has 0 saturated heterocycles. The predicted molar refractivity (Wildman–Crippen MR) is 110 cm³/mol. The molecular formula is C21H24ClFN4O4. The lowest BCUT2D eigenvalue weighted by Crippen LogP contribution is -2.47. The molecule has 31 heavy (non-hydrogen) atoms. The molecule has 10 heteroatoms. The average molecular weight is 451 g/mol. The van der Waals surface area contributed by atoms with Crippen molar-refractivity contribution in [3.05, 3.63) is 52.1 Å². The van der Waals surface area contributed by atoms with E-state index in [1.165, 1.54) is 29.3 Å². The zero-order chi connectivity index (χ0) is 22.2. The highest BCUT2D eigenvalue weighted by Crippen LogP contribution is 2.42. The second-order valence-electron chi connectivity index (χ2n) is 8.03. The van der Waals surface area contributed by atoms with Gasteiger partial charge >= 0.3 is 0 Å². The lowest BCUT2D eigenvalue weighted by Gasteiger charge is -2.32. The summed E-state index contributed by atoms with van der Waals surface area (Å²) in [4.78, 5) is 29.2. The first kappa shape index (κ1) is 21.7. The predicted octanol–water partition coefficient (Wildman–Crippen LogP) is 1.22. The number of amides is 2. The van der Waals surface area contributed by atoms with Crippen LogP contribution < -0.4 is 0 Å². The summed E-state index contributed by atoms with van der Waals surface area (Å²) in [6.45, 7) is 0.863. The number of aliphatic hydroxyl groups is 2. The van der Waals surface area contributed by atoms with Crippen LogP contribution in [0.25, 0.3) is 0 Å². The molecule has 2 aromatic rings. The Bertz CT molecular complexity index is 1010. The molecule has 8 nitrogen and oxygen atoms in total. The number of hydrogen-bond donors (Lipinski definition) is 2. The Morgan fingerprint density at radius 3 is 2.68 bits per heavy atom. The Balaban J connectivity index is 1.51. The number of carbonyl (C=O) groups is 2. The molecule has 1 aromatic heterocycles. The number of nitrogens with zero attached hydrogens (tertiary/aromatic N) is 4. The Morgan fingerprint density at radius 2 is 2.03 bits per heavy atom. The molecular weight excluding hydrogens is 427 g/mol. The molecule has 1 fully saturated rings. The highest BCUT2D eigenvalue weighted by atomic mass is 35.5. The maximum atomic E-state index is 13.4. The van der Waals surface area contributed by atoms with Crippen LogP contribution in [0.3, 0.4) is 0 Å². The smallest absolute Gasteiger partial charge is 0.258 e. The molecule has 0 atom stereocenters. The van der Waals surface area contributed by atoms with Crippen molar-refractivity contribution < 1.29 is 24.2 Å². The molecule has 0 unspecified atom stereocenters. The van der Waals surface area contributed by atoms with Crippen molar-refractivity contribution >= 4 is 23.4 Å². The van der Waals surface area contributed by atoms with E-state index in [1.807, 2.05) is 0 Å². The van der Waals surface area contributed by atoms with Crippen LogP contribution in [0.4, 0.5) is 4.39 Å². The number of benzene rings is 1. The number of aliphatic hydroxyl groups excluding tert-OH is 2. The van der Waals surface area contributed by atoms with Crippen molar-refractivity contribution in [2.75, 3.05) is 26.3 Å². The van der Waals surface area contributed by atoms with Gasteiger partial charge in [0.25, 0.3) is 5.91 Å². The number of halogens is 2. The van der Waals surface area contributed by atoms with Crippen LogP contribution in [0, 0.1) is 5.82 Å². The molecule has 2 N–H and O–H groups in total. The first-order chi connectivity index (χ1) is 14.9. The summed E-state index contributed by atoms with van der Waals surface area (Å²) in [5.74, 6) is -0.997. The summed E-state index contributed by atoms with van der Waals surface area (Å²) in [7, 11) is 0. The number of hydrogen-bond acceptors (Lipinski definition) is 5. The van der Waals surface area contributed by atoms with Crippen LogP contribution in [0.5, 0.6) is 0 Å². The Hall–Kier alpha value is -2.49. The fourth-order valence-electron chi connectivity index (χ4n) is 4.03. The molecule has 2 amide bonds. The van der Waals surface area contributed by atoms with Gasteiger partial charge in [0.15, 0.2) is 0 Å². The zero-order valence-corrected chi connectivity index (χ0v) is 17.7. The molecule has 0 spiro atoms. The molecule has 1 aliphatic heterocycles. The minimum absolute atomic E-state index is 0.0308. The maximum absolute atomic E-state index is 13.4. The normalized spacial score (nSPS) is 16.7. The molecule has 2 heterocycles. The average Bonchev–Trinajstić information content (AvgIpc) is 3.45. The van der Waals surface area contributed by atoms with Gasteiger partial charge in [-0.05, 0) is 30.5 Å². The summed E-state index contributed by atoms with van der Waals surface area (Å²) in [5, 5.41) is 23.4. The van der Waals surface area contributed by atoms with E-state index >= 15 is 0 Å². The second-order valence-corrected chi connectivity index (χ2v) is 8.44. The highest BCUT2D eigenvalue weighted by Gasteiger charge is 2.50. The maximum Gasteiger partial charge on any atom is 0.258 e. The van der Waals surface area contributed by atoms with E-state index in [4.69, 9.17) is 11.6 Å². The van der Waals surface area contributed by atoms with Gasteiger partial charge in [-0.1, -0.05) is 17.7 Å². The number of fused-ring (bicyclic) bond motifs is 1. The van der Waals surface area contributed by atoms with E-state index in [0.29, 0.717) is 42.8 Å². The number of rotatable bonds is 7. The van der Waals surface area contributed by atoms with Crippen molar-refractivity contribution in [1.82, 2.24) is 19.6 Å². The minimum atomic E-state index is -0.624. The number of β-amino-alcohol motifs (C(OH)–C–C–N with tert-alkyl or cyclic N) is 1. The van der Waals surface area contributed by atoms with Gasteiger partial charge < -0.3 is 20.0 Å². The van der Waals surface area contributed by atoms with Gasteiger partial charge in [0.1, 0.15) is 5.82 Å². The zero-order valence-electron chi connectivity index (χ0n) is 16.9. The molecule has 1 aromatic carbocycles. The third-order valence-electron chi connectivity index (χ3n) is 6.06. The van der Waals surface area contributed by atoms with E-state index in [2.05, 4.69) is 5.10 Å². The van der Waals surface area contributed by atoms with E-state index in [9.17, 15) is 24.2 Å². The molecule has 2 aliphatic rings. The van der Waals surface area contributed by atoms with Crippen molar-refractivity contribution in [1.29, 1.82) is 0 Å². The minimum Gasteiger partial charge on any atom is -0.395 e. The van der Waals surface area contributed by atoms with E-state index in [0.717, 1.165) is 0 Å². The lowest BCUT2D eigenvalue weighted by atomic mass is 10.1.